The third kappa shape index (κ3) is 3.75. The van der Waals surface area contributed by atoms with Crippen LogP contribution in [0.1, 0.15) is 36.8 Å². The number of halogens is 1. The van der Waals surface area contributed by atoms with Crippen LogP contribution in [0, 0.1) is 5.82 Å². The van der Waals surface area contributed by atoms with E-state index in [9.17, 15) is 9.50 Å². The third-order valence-electron chi connectivity index (χ3n) is 3.87. The zero-order valence-corrected chi connectivity index (χ0v) is 12.5. The Balaban J connectivity index is 2.08. The molecule has 0 radical (unpaired) electrons. The van der Waals surface area contributed by atoms with Crippen molar-refractivity contribution in [2.75, 3.05) is 13.6 Å². The van der Waals surface area contributed by atoms with Crippen LogP contribution < -0.4 is 5.73 Å². The number of hydrogen-bond acceptors (Lipinski definition) is 3. The van der Waals surface area contributed by atoms with E-state index in [-0.39, 0.29) is 10.8 Å². The van der Waals surface area contributed by atoms with Crippen LogP contribution in [-0.4, -0.2) is 34.2 Å². The molecule has 0 bridgehead atoms. The Bertz CT molecular complexity index is 501. The maximum Gasteiger partial charge on any atom is 0.123 e. The highest BCUT2D eigenvalue weighted by Gasteiger charge is 2.32. The van der Waals surface area contributed by atoms with E-state index in [1.165, 1.54) is 12.1 Å². The highest BCUT2D eigenvalue weighted by atomic mass is 32.1. The highest BCUT2D eigenvalue weighted by Crippen LogP contribution is 2.30. The van der Waals surface area contributed by atoms with Crippen LogP contribution in [0.4, 0.5) is 4.39 Å². The van der Waals surface area contributed by atoms with Crippen molar-refractivity contribution in [1.82, 2.24) is 4.90 Å². The minimum absolute atomic E-state index is 0.271. The number of rotatable bonds is 5. The first-order valence-electron chi connectivity index (χ1n) is 6.89. The van der Waals surface area contributed by atoms with Crippen LogP contribution in [-0.2, 0) is 6.54 Å². The van der Waals surface area contributed by atoms with Crippen LogP contribution in [0.2, 0.25) is 0 Å². The maximum absolute atomic E-state index is 13.4. The summed E-state index contributed by atoms with van der Waals surface area (Å²) in [5.74, 6) is -0.298. The van der Waals surface area contributed by atoms with Gasteiger partial charge in [0.05, 0.1) is 5.60 Å². The molecule has 0 spiro atoms. The lowest BCUT2D eigenvalue weighted by atomic mass is 10.0. The van der Waals surface area contributed by atoms with Gasteiger partial charge in [0, 0.05) is 18.7 Å². The first-order valence-corrected chi connectivity index (χ1v) is 7.30. The topological polar surface area (TPSA) is 49.5 Å². The number of nitrogens with two attached hydrogens (primary N) is 1. The van der Waals surface area contributed by atoms with Crippen LogP contribution >= 0.6 is 12.2 Å². The fourth-order valence-electron chi connectivity index (χ4n) is 2.97. The molecule has 1 aromatic carbocycles. The standard InChI is InChI=1S/C15H21FN2OS/c1-18(10-15(19)6-2-3-7-15)9-11-8-12(16)4-5-13(11)14(17)20/h4-5,8,19H,2-3,6-7,9-10H2,1H3,(H2,17,20). The number of likely N-dealkylation sites (N-methyl/N-ethyl adjacent to an activating group) is 1. The molecule has 3 nitrogen and oxygen atoms in total. The number of nitrogens with zero attached hydrogens (tertiary/aromatic N) is 1. The molecule has 1 aromatic rings. The van der Waals surface area contributed by atoms with Crippen LogP contribution in [0.3, 0.4) is 0 Å². The predicted octanol–water partition coefficient (Wildman–Crippen LogP) is 2.20. The number of thiocarbonyl (C=S) groups is 1. The summed E-state index contributed by atoms with van der Waals surface area (Å²) in [6, 6.07) is 4.44. The van der Waals surface area contributed by atoms with Gasteiger partial charge in [0.15, 0.2) is 0 Å². The zero-order valence-electron chi connectivity index (χ0n) is 11.7. The molecule has 20 heavy (non-hydrogen) atoms. The summed E-state index contributed by atoms with van der Waals surface area (Å²) in [6.07, 6.45) is 3.82. The molecule has 110 valence electrons. The van der Waals surface area contributed by atoms with Crippen LogP contribution in [0.15, 0.2) is 18.2 Å². The Morgan fingerprint density at radius 2 is 2.10 bits per heavy atom. The summed E-state index contributed by atoms with van der Waals surface area (Å²) < 4.78 is 13.4. The fraction of sp³-hybridized carbons (Fsp3) is 0.533. The normalized spacial score (nSPS) is 17.6. The molecule has 1 fully saturated rings. The van der Waals surface area contributed by atoms with E-state index in [1.807, 2.05) is 11.9 Å². The van der Waals surface area contributed by atoms with E-state index in [1.54, 1.807) is 6.07 Å². The van der Waals surface area contributed by atoms with Crippen molar-refractivity contribution < 1.29 is 9.50 Å². The van der Waals surface area contributed by atoms with E-state index in [0.717, 1.165) is 31.2 Å². The average Bonchev–Trinajstić information content (AvgIpc) is 2.74. The lowest BCUT2D eigenvalue weighted by Crippen LogP contribution is -2.39. The van der Waals surface area contributed by atoms with Gasteiger partial charge in [0.2, 0.25) is 0 Å². The molecular weight excluding hydrogens is 275 g/mol. The van der Waals surface area contributed by atoms with Gasteiger partial charge in [-0.1, -0.05) is 25.1 Å². The molecule has 1 saturated carbocycles. The number of aliphatic hydroxyl groups is 1. The van der Waals surface area contributed by atoms with Gasteiger partial charge in [-0.3, -0.25) is 4.90 Å². The second-order valence-corrected chi connectivity index (χ2v) is 6.21. The zero-order chi connectivity index (χ0) is 14.8. The van der Waals surface area contributed by atoms with Crippen molar-refractivity contribution in [2.45, 2.75) is 37.8 Å². The molecule has 3 N–H and O–H groups in total. The maximum atomic E-state index is 13.4. The smallest absolute Gasteiger partial charge is 0.123 e. The molecule has 1 aliphatic rings. The molecule has 0 aromatic heterocycles. The predicted molar refractivity (Wildman–Crippen MR) is 82.0 cm³/mol. The van der Waals surface area contributed by atoms with E-state index in [2.05, 4.69) is 0 Å². The van der Waals surface area contributed by atoms with Gasteiger partial charge < -0.3 is 10.8 Å². The van der Waals surface area contributed by atoms with Crippen molar-refractivity contribution in [1.29, 1.82) is 0 Å². The molecule has 0 atom stereocenters. The molecule has 5 heteroatoms. The van der Waals surface area contributed by atoms with Gasteiger partial charge >= 0.3 is 0 Å². The first kappa shape index (κ1) is 15.4. The Kier molecular flexibility index (Phi) is 4.73. The van der Waals surface area contributed by atoms with Crippen molar-refractivity contribution in [2.24, 2.45) is 5.73 Å². The molecule has 0 saturated heterocycles. The summed E-state index contributed by atoms with van der Waals surface area (Å²) >= 11 is 5.00. The van der Waals surface area contributed by atoms with E-state index < -0.39 is 5.60 Å². The minimum Gasteiger partial charge on any atom is -0.389 e. The third-order valence-corrected chi connectivity index (χ3v) is 4.09. The Morgan fingerprint density at radius 1 is 1.45 bits per heavy atom. The second-order valence-electron chi connectivity index (χ2n) is 5.77. The van der Waals surface area contributed by atoms with Crippen molar-refractivity contribution in [3.05, 3.63) is 35.1 Å². The van der Waals surface area contributed by atoms with Crippen LogP contribution in [0.25, 0.3) is 0 Å². The molecule has 2 rings (SSSR count). The van der Waals surface area contributed by atoms with Crippen molar-refractivity contribution in [3.63, 3.8) is 0 Å². The van der Waals surface area contributed by atoms with E-state index in [0.29, 0.717) is 18.7 Å². The summed E-state index contributed by atoms with van der Waals surface area (Å²) in [7, 11) is 1.92. The molecule has 0 unspecified atom stereocenters. The van der Waals surface area contributed by atoms with Crippen LogP contribution in [0.5, 0.6) is 0 Å². The molecule has 0 amide bonds. The summed E-state index contributed by atoms with van der Waals surface area (Å²) in [6.45, 7) is 1.10. The first-order chi connectivity index (χ1) is 9.39. The largest absolute Gasteiger partial charge is 0.389 e. The van der Waals surface area contributed by atoms with Gasteiger partial charge in [-0.05, 0) is 43.7 Å². The van der Waals surface area contributed by atoms with Gasteiger partial charge in [-0.2, -0.15) is 0 Å². The van der Waals surface area contributed by atoms with Gasteiger partial charge in [0.25, 0.3) is 0 Å². The average molecular weight is 296 g/mol. The summed E-state index contributed by atoms with van der Waals surface area (Å²) in [4.78, 5) is 2.27. The number of hydrogen-bond donors (Lipinski definition) is 2. The SMILES string of the molecule is CN(Cc1cc(F)ccc1C(N)=S)CC1(O)CCCC1. The fourth-order valence-corrected chi connectivity index (χ4v) is 3.17. The van der Waals surface area contributed by atoms with Crippen molar-refractivity contribution in [3.8, 4) is 0 Å². The minimum atomic E-state index is -0.606. The second kappa shape index (κ2) is 6.16. The monoisotopic (exact) mass is 296 g/mol. The Hall–Kier alpha value is -1.04. The molecular formula is C15H21FN2OS. The quantitative estimate of drug-likeness (QED) is 0.818. The molecule has 0 heterocycles. The summed E-state index contributed by atoms with van der Waals surface area (Å²) in [5, 5.41) is 10.4. The molecule has 0 aliphatic heterocycles. The molecule has 1 aliphatic carbocycles. The van der Waals surface area contributed by atoms with Gasteiger partial charge in [-0.15, -0.1) is 0 Å². The Morgan fingerprint density at radius 3 is 2.70 bits per heavy atom. The highest BCUT2D eigenvalue weighted by molar-refractivity contribution is 7.80. The summed E-state index contributed by atoms with van der Waals surface area (Å²) in [5.41, 5.74) is 6.53. The van der Waals surface area contributed by atoms with E-state index in [4.69, 9.17) is 18.0 Å². The number of benzene rings is 1. The lowest BCUT2D eigenvalue weighted by Gasteiger charge is -2.29. The Labute approximate surface area is 124 Å². The lowest BCUT2D eigenvalue weighted by molar-refractivity contribution is 0.0145. The van der Waals surface area contributed by atoms with Gasteiger partial charge in [-0.25, -0.2) is 4.39 Å². The van der Waals surface area contributed by atoms with Crippen molar-refractivity contribution >= 4 is 17.2 Å². The van der Waals surface area contributed by atoms with Gasteiger partial charge in [0.1, 0.15) is 10.8 Å². The van der Waals surface area contributed by atoms with E-state index >= 15 is 0 Å².